The molecule has 1 aromatic heterocycles. The lowest BCUT2D eigenvalue weighted by Crippen LogP contribution is -2.18. The monoisotopic (exact) mass is 182 g/mol. The quantitative estimate of drug-likeness (QED) is 0.649. The Balaban J connectivity index is 2.34. The second-order valence-electron chi connectivity index (χ2n) is 3.02. The van der Waals surface area contributed by atoms with Crippen molar-refractivity contribution in [3.05, 3.63) is 48.2 Å². The molecule has 1 unspecified atom stereocenters. The Labute approximate surface area is 74.4 Å². The molecule has 0 N–H and O–H groups in total. The lowest BCUT2D eigenvalue weighted by molar-refractivity contribution is 0.215. The first-order chi connectivity index (χ1) is 6.21. The van der Waals surface area contributed by atoms with Gasteiger partial charge in [-0.05, 0) is 18.2 Å². The van der Waals surface area contributed by atoms with Crippen molar-refractivity contribution in [2.24, 2.45) is 0 Å². The first-order valence-electron chi connectivity index (χ1n) is 3.96. The summed E-state index contributed by atoms with van der Waals surface area (Å²) in [5, 5.41) is 0. The van der Waals surface area contributed by atoms with Crippen LogP contribution in [0.3, 0.4) is 0 Å². The van der Waals surface area contributed by atoms with Crippen molar-refractivity contribution in [3.63, 3.8) is 0 Å². The minimum Gasteiger partial charge on any atom is -0.472 e. The van der Waals surface area contributed by atoms with Gasteiger partial charge in [-0.2, -0.15) is 0 Å². The SMILES string of the molecule is FC1=CC=CC(F)(c2ccoc2)C1. The van der Waals surface area contributed by atoms with Crippen LogP contribution in [0.5, 0.6) is 0 Å². The number of hydrogen-bond donors (Lipinski definition) is 0. The molecule has 2 rings (SSSR count). The summed E-state index contributed by atoms with van der Waals surface area (Å²) in [5.41, 5.74) is -1.39. The number of furan rings is 1. The molecule has 0 bridgehead atoms. The molecular formula is C10H8F2O. The molecule has 0 aromatic carbocycles. The first-order valence-corrected chi connectivity index (χ1v) is 3.96. The van der Waals surface area contributed by atoms with Crippen molar-refractivity contribution in [3.8, 4) is 0 Å². The Morgan fingerprint density at radius 2 is 2.31 bits per heavy atom. The summed E-state index contributed by atoms with van der Waals surface area (Å²) >= 11 is 0. The highest BCUT2D eigenvalue weighted by atomic mass is 19.1. The smallest absolute Gasteiger partial charge is 0.163 e. The summed E-state index contributed by atoms with van der Waals surface area (Å²) in [6, 6.07) is 1.50. The van der Waals surface area contributed by atoms with Gasteiger partial charge in [0.05, 0.1) is 12.5 Å². The molecular weight excluding hydrogens is 174 g/mol. The maximum absolute atomic E-state index is 14.0. The predicted octanol–water partition coefficient (Wildman–Crippen LogP) is 3.26. The van der Waals surface area contributed by atoms with Gasteiger partial charge >= 0.3 is 0 Å². The fourth-order valence-corrected chi connectivity index (χ4v) is 1.37. The van der Waals surface area contributed by atoms with Crippen molar-refractivity contribution in [1.82, 2.24) is 0 Å². The van der Waals surface area contributed by atoms with Gasteiger partial charge in [-0.3, -0.25) is 0 Å². The molecule has 1 aliphatic carbocycles. The van der Waals surface area contributed by atoms with Gasteiger partial charge in [0.1, 0.15) is 5.83 Å². The molecule has 1 atom stereocenters. The molecule has 0 saturated carbocycles. The van der Waals surface area contributed by atoms with Crippen molar-refractivity contribution >= 4 is 0 Å². The maximum atomic E-state index is 14.0. The lowest BCUT2D eigenvalue weighted by Gasteiger charge is -2.21. The molecule has 1 nitrogen and oxygen atoms in total. The van der Waals surface area contributed by atoms with Crippen LogP contribution >= 0.6 is 0 Å². The number of alkyl halides is 1. The van der Waals surface area contributed by atoms with Crippen LogP contribution in [-0.4, -0.2) is 0 Å². The summed E-state index contributed by atoms with van der Waals surface area (Å²) in [4.78, 5) is 0. The van der Waals surface area contributed by atoms with E-state index in [4.69, 9.17) is 4.42 Å². The highest BCUT2D eigenvalue weighted by Gasteiger charge is 2.32. The standard InChI is InChI=1S/C10H8F2O/c11-9-2-1-4-10(12,6-9)8-3-5-13-7-8/h1-5,7H,6H2. The summed E-state index contributed by atoms with van der Waals surface area (Å²) < 4.78 is 31.5. The minimum absolute atomic E-state index is 0.247. The second kappa shape index (κ2) is 2.83. The van der Waals surface area contributed by atoms with Gasteiger partial charge in [-0.1, -0.05) is 6.08 Å². The van der Waals surface area contributed by atoms with Gasteiger partial charge in [-0.25, -0.2) is 8.78 Å². The third-order valence-corrected chi connectivity index (χ3v) is 2.06. The van der Waals surface area contributed by atoms with Crippen LogP contribution in [0, 0.1) is 0 Å². The first kappa shape index (κ1) is 8.23. The van der Waals surface area contributed by atoms with Crippen LogP contribution < -0.4 is 0 Å². The van der Waals surface area contributed by atoms with Crippen LogP contribution in [-0.2, 0) is 5.67 Å². The van der Waals surface area contributed by atoms with Gasteiger partial charge in [-0.15, -0.1) is 0 Å². The van der Waals surface area contributed by atoms with Gasteiger partial charge in [0, 0.05) is 12.0 Å². The van der Waals surface area contributed by atoms with E-state index in [0.717, 1.165) is 0 Å². The number of rotatable bonds is 1. The van der Waals surface area contributed by atoms with Crippen molar-refractivity contribution in [1.29, 1.82) is 0 Å². The van der Waals surface area contributed by atoms with Crippen LogP contribution in [0.25, 0.3) is 0 Å². The number of allylic oxidation sites excluding steroid dienone is 4. The molecule has 0 amide bonds. The molecule has 13 heavy (non-hydrogen) atoms. The molecule has 0 aliphatic heterocycles. The normalized spacial score (nSPS) is 27.4. The molecule has 0 saturated heterocycles. The van der Waals surface area contributed by atoms with E-state index in [0.29, 0.717) is 5.56 Å². The predicted molar refractivity (Wildman–Crippen MR) is 44.4 cm³/mol. The van der Waals surface area contributed by atoms with Crippen LogP contribution in [0.2, 0.25) is 0 Å². The minimum atomic E-state index is -1.74. The van der Waals surface area contributed by atoms with E-state index < -0.39 is 11.5 Å². The summed E-state index contributed by atoms with van der Waals surface area (Å²) in [6.45, 7) is 0. The van der Waals surface area contributed by atoms with Crippen molar-refractivity contribution in [2.45, 2.75) is 12.1 Å². The Bertz CT molecular complexity index is 351. The fourth-order valence-electron chi connectivity index (χ4n) is 1.37. The van der Waals surface area contributed by atoms with Gasteiger partial charge < -0.3 is 4.42 Å². The van der Waals surface area contributed by atoms with E-state index in [-0.39, 0.29) is 6.42 Å². The average molecular weight is 182 g/mol. The Hall–Kier alpha value is -1.38. The van der Waals surface area contributed by atoms with Crippen LogP contribution in [0.1, 0.15) is 12.0 Å². The van der Waals surface area contributed by atoms with Gasteiger partial charge in [0.15, 0.2) is 5.67 Å². The van der Waals surface area contributed by atoms with Gasteiger partial charge in [0.25, 0.3) is 0 Å². The molecule has 1 aromatic rings. The molecule has 0 fully saturated rings. The zero-order chi connectivity index (χ0) is 9.31. The highest BCUT2D eigenvalue weighted by molar-refractivity contribution is 5.31. The maximum Gasteiger partial charge on any atom is 0.163 e. The van der Waals surface area contributed by atoms with E-state index in [9.17, 15) is 8.78 Å². The van der Waals surface area contributed by atoms with Crippen LogP contribution in [0.15, 0.2) is 47.1 Å². The fraction of sp³-hybridized carbons (Fsp3) is 0.200. The molecule has 0 spiro atoms. The molecule has 1 aliphatic rings. The molecule has 0 radical (unpaired) electrons. The summed E-state index contributed by atoms with van der Waals surface area (Å²) in [6.07, 6.45) is 6.40. The lowest BCUT2D eigenvalue weighted by atomic mass is 9.91. The second-order valence-corrected chi connectivity index (χ2v) is 3.02. The molecule has 1 heterocycles. The Morgan fingerprint density at radius 3 is 2.92 bits per heavy atom. The van der Waals surface area contributed by atoms with Crippen molar-refractivity contribution in [2.75, 3.05) is 0 Å². The summed E-state index contributed by atoms with van der Waals surface area (Å²) in [7, 11) is 0. The average Bonchev–Trinajstić information content (AvgIpc) is 2.55. The number of halogens is 2. The Kier molecular flexibility index (Phi) is 1.79. The third kappa shape index (κ3) is 1.41. The molecule has 68 valence electrons. The van der Waals surface area contributed by atoms with E-state index in [1.165, 1.54) is 36.8 Å². The van der Waals surface area contributed by atoms with E-state index in [1.54, 1.807) is 0 Å². The van der Waals surface area contributed by atoms with Crippen LogP contribution in [0.4, 0.5) is 8.78 Å². The summed E-state index contributed by atoms with van der Waals surface area (Å²) in [5.74, 6) is -0.453. The molecule has 3 heteroatoms. The zero-order valence-electron chi connectivity index (χ0n) is 6.84. The zero-order valence-corrected chi connectivity index (χ0v) is 6.84. The third-order valence-electron chi connectivity index (χ3n) is 2.06. The largest absolute Gasteiger partial charge is 0.472 e. The Morgan fingerprint density at radius 1 is 1.46 bits per heavy atom. The van der Waals surface area contributed by atoms with Crippen molar-refractivity contribution < 1.29 is 13.2 Å². The van der Waals surface area contributed by atoms with E-state index in [2.05, 4.69) is 0 Å². The van der Waals surface area contributed by atoms with Gasteiger partial charge in [0.2, 0.25) is 0 Å². The highest BCUT2D eigenvalue weighted by Crippen LogP contribution is 2.37. The topological polar surface area (TPSA) is 13.1 Å². The van der Waals surface area contributed by atoms with E-state index >= 15 is 0 Å². The van der Waals surface area contributed by atoms with E-state index in [1.807, 2.05) is 0 Å². The number of hydrogen-bond acceptors (Lipinski definition) is 1.